The summed E-state index contributed by atoms with van der Waals surface area (Å²) in [6, 6.07) is 22.2. The van der Waals surface area contributed by atoms with Gasteiger partial charge in [0.1, 0.15) is 23.4 Å². The molecule has 11 nitrogen and oxygen atoms in total. The SMILES string of the molecule is C[C@@H]1CN([C@@H](C)CO)C(=O)Cc2cc(NS(=O)(=O)c3cn(C)cn3)ccc2O[C@H]1CN(C)Cc1ccc(Oc2ccccc2)cc1. The van der Waals surface area contributed by atoms with E-state index in [4.69, 9.17) is 9.47 Å². The Kier molecular flexibility index (Phi) is 10.3. The number of anilines is 1. The van der Waals surface area contributed by atoms with E-state index < -0.39 is 16.1 Å². The molecule has 0 saturated carbocycles. The maximum atomic E-state index is 13.5. The summed E-state index contributed by atoms with van der Waals surface area (Å²) in [7, 11) is -0.224. The van der Waals surface area contributed by atoms with Gasteiger partial charge in [0.25, 0.3) is 10.0 Å². The zero-order valence-electron chi connectivity index (χ0n) is 26.5. The van der Waals surface area contributed by atoms with Crippen LogP contribution >= 0.6 is 0 Å². The molecule has 2 heterocycles. The van der Waals surface area contributed by atoms with Gasteiger partial charge in [-0.2, -0.15) is 8.42 Å². The number of amides is 1. The van der Waals surface area contributed by atoms with Crippen LogP contribution < -0.4 is 14.2 Å². The molecule has 0 saturated heterocycles. The summed E-state index contributed by atoms with van der Waals surface area (Å²) in [5.41, 5.74) is 1.95. The lowest BCUT2D eigenvalue weighted by Gasteiger charge is -2.34. The monoisotopic (exact) mass is 647 g/mol. The van der Waals surface area contributed by atoms with Crippen LogP contribution in [0.25, 0.3) is 0 Å². The van der Waals surface area contributed by atoms with E-state index in [2.05, 4.69) is 14.6 Å². The second kappa shape index (κ2) is 14.4. The zero-order valence-corrected chi connectivity index (χ0v) is 27.4. The number of nitrogens with one attached hydrogen (secondary N) is 1. The molecule has 5 rings (SSSR count). The van der Waals surface area contributed by atoms with Crippen molar-refractivity contribution < 1.29 is 27.8 Å². The first-order chi connectivity index (χ1) is 22.0. The number of benzene rings is 3. The lowest BCUT2D eigenvalue weighted by atomic mass is 10.0. The van der Waals surface area contributed by atoms with Gasteiger partial charge in [0.2, 0.25) is 5.91 Å². The minimum absolute atomic E-state index is 0.00842. The number of para-hydroxylation sites is 1. The van der Waals surface area contributed by atoms with Gasteiger partial charge < -0.3 is 24.0 Å². The highest BCUT2D eigenvalue weighted by atomic mass is 32.2. The van der Waals surface area contributed by atoms with Crippen molar-refractivity contribution in [3.8, 4) is 17.2 Å². The second-order valence-electron chi connectivity index (χ2n) is 11.9. The number of carbonyl (C=O) groups excluding carboxylic acids is 1. The molecule has 0 radical (unpaired) electrons. The molecule has 4 aromatic rings. The van der Waals surface area contributed by atoms with Crippen molar-refractivity contribution in [1.29, 1.82) is 0 Å². The molecule has 0 bridgehead atoms. The van der Waals surface area contributed by atoms with Gasteiger partial charge in [-0.15, -0.1) is 0 Å². The molecule has 0 spiro atoms. The van der Waals surface area contributed by atoms with E-state index in [1.807, 2.05) is 75.5 Å². The molecule has 0 aliphatic carbocycles. The van der Waals surface area contributed by atoms with Crippen LogP contribution in [0, 0.1) is 5.92 Å². The number of hydrogen-bond donors (Lipinski definition) is 2. The van der Waals surface area contributed by atoms with Crippen molar-refractivity contribution in [3.05, 3.63) is 96.4 Å². The molecule has 1 amide bonds. The summed E-state index contributed by atoms with van der Waals surface area (Å²) in [5.74, 6) is 1.80. The molecule has 244 valence electrons. The molecule has 1 aromatic heterocycles. The van der Waals surface area contributed by atoms with E-state index in [1.165, 1.54) is 12.5 Å². The van der Waals surface area contributed by atoms with E-state index >= 15 is 0 Å². The number of carbonyl (C=O) groups is 1. The van der Waals surface area contributed by atoms with Gasteiger partial charge >= 0.3 is 0 Å². The number of sulfonamides is 1. The average Bonchev–Trinajstić information content (AvgIpc) is 3.49. The van der Waals surface area contributed by atoms with E-state index in [1.54, 1.807) is 34.7 Å². The Bertz CT molecular complexity index is 1730. The number of aliphatic hydroxyl groups is 1. The fraction of sp³-hybridized carbons (Fsp3) is 0.353. The predicted molar refractivity (Wildman–Crippen MR) is 175 cm³/mol. The Hall–Kier alpha value is -4.39. The van der Waals surface area contributed by atoms with Gasteiger partial charge in [-0.3, -0.25) is 14.4 Å². The minimum Gasteiger partial charge on any atom is -0.488 e. The summed E-state index contributed by atoms with van der Waals surface area (Å²) in [6.07, 6.45) is 2.51. The molecule has 3 atom stereocenters. The van der Waals surface area contributed by atoms with Crippen molar-refractivity contribution in [1.82, 2.24) is 19.4 Å². The van der Waals surface area contributed by atoms with Crippen molar-refractivity contribution in [2.45, 2.75) is 44.0 Å². The van der Waals surface area contributed by atoms with Gasteiger partial charge in [-0.25, -0.2) is 4.98 Å². The highest BCUT2D eigenvalue weighted by Gasteiger charge is 2.31. The number of imidazole rings is 1. The molecular formula is C34H41N5O6S. The molecule has 2 N–H and O–H groups in total. The topological polar surface area (TPSA) is 126 Å². The largest absolute Gasteiger partial charge is 0.488 e. The number of hydrogen-bond acceptors (Lipinski definition) is 8. The highest BCUT2D eigenvalue weighted by Crippen LogP contribution is 2.30. The Morgan fingerprint density at radius 3 is 2.50 bits per heavy atom. The van der Waals surface area contributed by atoms with Crippen LogP contribution in [-0.2, 0) is 34.8 Å². The maximum Gasteiger partial charge on any atom is 0.280 e. The predicted octanol–water partition coefficient (Wildman–Crippen LogP) is 4.29. The number of aryl methyl sites for hydroxylation is 1. The van der Waals surface area contributed by atoms with Gasteiger partial charge in [0.15, 0.2) is 5.03 Å². The van der Waals surface area contributed by atoms with Gasteiger partial charge in [0.05, 0.1) is 25.4 Å². The quantitative estimate of drug-likeness (QED) is 0.247. The lowest BCUT2D eigenvalue weighted by molar-refractivity contribution is -0.134. The number of aromatic nitrogens is 2. The Morgan fingerprint density at radius 2 is 1.83 bits per heavy atom. The third kappa shape index (κ3) is 8.25. The summed E-state index contributed by atoms with van der Waals surface area (Å²) in [6.45, 7) is 5.30. The van der Waals surface area contributed by atoms with Crippen LogP contribution in [0.3, 0.4) is 0 Å². The van der Waals surface area contributed by atoms with Crippen LogP contribution in [0.2, 0.25) is 0 Å². The van der Waals surface area contributed by atoms with Crippen molar-refractivity contribution >= 4 is 21.6 Å². The summed E-state index contributed by atoms with van der Waals surface area (Å²) in [5, 5.41) is 9.84. The van der Waals surface area contributed by atoms with Crippen LogP contribution in [0.1, 0.15) is 25.0 Å². The number of nitrogens with zero attached hydrogens (tertiary/aromatic N) is 4. The smallest absolute Gasteiger partial charge is 0.280 e. The van der Waals surface area contributed by atoms with Crippen LogP contribution in [0.15, 0.2) is 90.3 Å². The van der Waals surface area contributed by atoms with Gasteiger partial charge in [-0.05, 0) is 62.0 Å². The van der Waals surface area contributed by atoms with Crippen LogP contribution in [0.4, 0.5) is 5.69 Å². The molecule has 3 aromatic carbocycles. The highest BCUT2D eigenvalue weighted by molar-refractivity contribution is 7.92. The molecule has 1 aliphatic rings. The first-order valence-electron chi connectivity index (χ1n) is 15.2. The number of likely N-dealkylation sites (N-methyl/N-ethyl adjacent to an activating group) is 1. The van der Waals surface area contributed by atoms with Crippen molar-refractivity contribution in [3.63, 3.8) is 0 Å². The van der Waals surface area contributed by atoms with Crippen LogP contribution in [0.5, 0.6) is 17.2 Å². The molecule has 46 heavy (non-hydrogen) atoms. The standard InChI is InChI=1S/C34H41N5O6S/c1-24-18-39(25(2)22-40)34(41)17-27-16-28(36-46(42,43)33-21-38(4)23-35-33)12-15-31(27)45-32(24)20-37(3)19-26-10-13-30(14-11-26)44-29-8-6-5-7-9-29/h5-16,21,23-25,32,36,40H,17-20,22H2,1-4H3/t24-,25+,32+/m1/s1. The number of ether oxygens (including phenoxy) is 2. The first kappa shape index (κ1) is 33.0. The summed E-state index contributed by atoms with van der Waals surface area (Å²) in [4.78, 5) is 21.4. The van der Waals surface area contributed by atoms with E-state index in [0.717, 1.165) is 17.1 Å². The summed E-state index contributed by atoms with van der Waals surface area (Å²) >= 11 is 0. The molecule has 12 heteroatoms. The van der Waals surface area contributed by atoms with E-state index in [0.29, 0.717) is 36.6 Å². The number of rotatable bonds is 11. The third-order valence-electron chi connectivity index (χ3n) is 7.97. The second-order valence-corrected chi connectivity index (χ2v) is 13.6. The fourth-order valence-corrected chi connectivity index (χ4v) is 6.45. The molecular weight excluding hydrogens is 606 g/mol. The lowest BCUT2D eigenvalue weighted by Crippen LogP contribution is -2.47. The van der Waals surface area contributed by atoms with Crippen molar-refractivity contribution in [2.75, 3.05) is 31.5 Å². The van der Waals surface area contributed by atoms with E-state index in [9.17, 15) is 18.3 Å². The third-order valence-corrected chi connectivity index (χ3v) is 9.24. The molecule has 1 aliphatic heterocycles. The maximum absolute atomic E-state index is 13.5. The fourth-order valence-electron chi connectivity index (χ4n) is 5.42. The first-order valence-corrected chi connectivity index (χ1v) is 16.7. The minimum atomic E-state index is -3.93. The van der Waals surface area contributed by atoms with Gasteiger partial charge in [-0.1, -0.05) is 37.3 Å². The molecule has 0 unspecified atom stereocenters. The number of aliphatic hydroxyl groups excluding tert-OH is 1. The van der Waals surface area contributed by atoms with E-state index in [-0.39, 0.29) is 36.0 Å². The van der Waals surface area contributed by atoms with Gasteiger partial charge in [0, 0.05) is 50.0 Å². The van der Waals surface area contributed by atoms with Crippen molar-refractivity contribution in [2.24, 2.45) is 13.0 Å². The Morgan fingerprint density at radius 1 is 1.11 bits per heavy atom. The van der Waals surface area contributed by atoms with Crippen LogP contribution in [-0.4, -0.2) is 77.7 Å². The normalized spacial score (nSPS) is 17.8. The Balaban J connectivity index is 1.34. The average molecular weight is 648 g/mol. The number of fused-ring (bicyclic) bond motifs is 1. The zero-order chi connectivity index (χ0) is 32.8. The molecule has 0 fully saturated rings. The Labute approximate surface area is 270 Å². The summed E-state index contributed by atoms with van der Waals surface area (Å²) < 4.78 is 42.5.